The number of halogens is 4. The Kier molecular flexibility index (Phi) is 7.88. The number of amides is 1. The molecule has 0 radical (unpaired) electrons. The van der Waals surface area contributed by atoms with Crippen LogP contribution in [0.5, 0.6) is 0 Å². The number of nitrogen functional groups attached to an aromatic ring is 1. The number of carbonyl (C=O) groups is 1. The summed E-state index contributed by atoms with van der Waals surface area (Å²) in [4.78, 5) is 25.2. The Bertz CT molecular complexity index is 1660. The van der Waals surface area contributed by atoms with E-state index in [2.05, 4.69) is 32.0 Å². The molecule has 11 heteroatoms. The fourth-order valence-electron chi connectivity index (χ4n) is 4.60. The number of alkyl halides is 3. The van der Waals surface area contributed by atoms with Gasteiger partial charge in [-0.2, -0.15) is 13.2 Å². The van der Waals surface area contributed by atoms with Crippen LogP contribution >= 0.6 is 0 Å². The number of nitrogens with zero attached hydrogens (tertiary/aromatic N) is 4. The fraction of sp³-hybridized carbons (Fsp3) is 0.233. The summed E-state index contributed by atoms with van der Waals surface area (Å²) >= 11 is 0. The van der Waals surface area contributed by atoms with Crippen molar-refractivity contribution in [1.82, 2.24) is 19.8 Å². The molecule has 5 rings (SSSR count). The predicted molar refractivity (Wildman–Crippen MR) is 149 cm³/mol. The van der Waals surface area contributed by atoms with Crippen LogP contribution in [0.3, 0.4) is 0 Å². The molecule has 4 aromatic rings. The van der Waals surface area contributed by atoms with Crippen molar-refractivity contribution in [1.29, 1.82) is 0 Å². The number of hydrogen-bond donors (Lipinski definition) is 2. The number of carbonyl (C=O) groups excluding carboxylic acids is 1. The summed E-state index contributed by atoms with van der Waals surface area (Å²) in [6.45, 7) is 3.11. The van der Waals surface area contributed by atoms with Gasteiger partial charge in [0, 0.05) is 73.3 Å². The minimum absolute atomic E-state index is 0.0116. The lowest BCUT2D eigenvalue weighted by molar-refractivity contribution is -0.138. The molecular weight excluding hydrogens is 536 g/mol. The van der Waals surface area contributed by atoms with Crippen LogP contribution in [0.4, 0.5) is 29.1 Å². The molecule has 1 saturated heterocycles. The normalized spacial score (nSPS) is 14.5. The average Bonchev–Trinajstić information content (AvgIpc) is 2.94. The van der Waals surface area contributed by atoms with E-state index in [9.17, 15) is 22.4 Å². The molecule has 2 aromatic carbocycles. The van der Waals surface area contributed by atoms with E-state index >= 15 is 0 Å². The molecule has 1 aliphatic rings. The molecule has 0 unspecified atom stereocenters. The molecule has 0 aliphatic carbocycles. The van der Waals surface area contributed by atoms with E-state index in [1.54, 1.807) is 6.07 Å². The van der Waals surface area contributed by atoms with Gasteiger partial charge in [-0.15, -0.1) is 0 Å². The molecule has 0 spiro atoms. The summed E-state index contributed by atoms with van der Waals surface area (Å²) in [7, 11) is 1.98. The van der Waals surface area contributed by atoms with E-state index in [-0.39, 0.29) is 29.2 Å². The van der Waals surface area contributed by atoms with E-state index in [4.69, 9.17) is 5.73 Å². The van der Waals surface area contributed by atoms with E-state index in [0.29, 0.717) is 35.0 Å². The molecule has 3 N–H and O–H groups in total. The average molecular weight is 563 g/mol. The summed E-state index contributed by atoms with van der Waals surface area (Å²) in [5.41, 5.74) is 6.13. The SMILES string of the molecule is CN1CCN(Cc2ccc(NC(=O)c3cncc(C#Cc4c(N)ncc5ccc(F)cc45)c3)cc2C(F)(F)F)CC1. The van der Waals surface area contributed by atoms with Crippen molar-refractivity contribution in [3.63, 3.8) is 0 Å². The minimum atomic E-state index is -4.58. The number of fused-ring (bicyclic) bond motifs is 1. The van der Waals surface area contributed by atoms with Crippen molar-refractivity contribution >= 4 is 28.2 Å². The number of hydrogen-bond acceptors (Lipinski definition) is 6. The molecule has 2 aromatic heterocycles. The quantitative estimate of drug-likeness (QED) is 0.275. The highest BCUT2D eigenvalue weighted by atomic mass is 19.4. The van der Waals surface area contributed by atoms with Gasteiger partial charge < -0.3 is 16.0 Å². The number of aromatic nitrogens is 2. The molecular formula is C30H26F4N6O. The van der Waals surface area contributed by atoms with Crippen LogP contribution in [-0.2, 0) is 12.7 Å². The lowest BCUT2D eigenvalue weighted by Gasteiger charge is -2.33. The van der Waals surface area contributed by atoms with E-state index in [0.717, 1.165) is 19.2 Å². The molecule has 41 heavy (non-hydrogen) atoms. The first-order valence-corrected chi connectivity index (χ1v) is 12.8. The van der Waals surface area contributed by atoms with Gasteiger partial charge in [-0.1, -0.05) is 17.9 Å². The number of benzene rings is 2. The maximum Gasteiger partial charge on any atom is 0.416 e. The van der Waals surface area contributed by atoms with Gasteiger partial charge in [0.1, 0.15) is 11.6 Å². The minimum Gasteiger partial charge on any atom is -0.383 e. The largest absolute Gasteiger partial charge is 0.416 e. The summed E-state index contributed by atoms with van der Waals surface area (Å²) in [6, 6.07) is 9.46. The zero-order chi connectivity index (χ0) is 29.1. The first-order chi connectivity index (χ1) is 19.6. The molecule has 0 bridgehead atoms. The standard InChI is InChI=1S/C30H26F4N6O/c1-39-8-10-40(11-9-39)18-21-4-6-24(14-27(21)30(32,33)34)38-29(41)22-12-19(15-36-16-22)2-7-25-26-13-23(31)5-3-20(26)17-37-28(25)35/h3-6,12-17H,8-11,18H2,1H3,(H2,35,37)(H,38,41). The van der Waals surface area contributed by atoms with Crippen molar-refractivity contribution in [2.75, 3.05) is 44.3 Å². The first kappa shape index (κ1) is 28.0. The third-order valence-corrected chi connectivity index (χ3v) is 6.88. The van der Waals surface area contributed by atoms with Gasteiger partial charge in [-0.05, 0) is 49.0 Å². The van der Waals surface area contributed by atoms with Gasteiger partial charge in [-0.3, -0.25) is 14.7 Å². The number of rotatable bonds is 4. The molecule has 210 valence electrons. The van der Waals surface area contributed by atoms with Crippen LogP contribution in [0.1, 0.15) is 32.6 Å². The summed E-state index contributed by atoms with van der Waals surface area (Å²) < 4.78 is 55.6. The van der Waals surface area contributed by atoms with Crippen molar-refractivity contribution in [3.8, 4) is 11.8 Å². The highest BCUT2D eigenvalue weighted by Gasteiger charge is 2.34. The van der Waals surface area contributed by atoms with Crippen molar-refractivity contribution in [3.05, 3.63) is 94.7 Å². The van der Waals surface area contributed by atoms with Crippen LogP contribution in [0, 0.1) is 17.7 Å². The van der Waals surface area contributed by atoms with E-state index in [1.807, 2.05) is 11.9 Å². The monoisotopic (exact) mass is 562 g/mol. The van der Waals surface area contributed by atoms with Crippen molar-refractivity contribution in [2.24, 2.45) is 0 Å². The Morgan fingerprint density at radius 2 is 1.80 bits per heavy atom. The second-order valence-corrected chi connectivity index (χ2v) is 9.87. The van der Waals surface area contributed by atoms with Gasteiger partial charge in [0.05, 0.1) is 16.7 Å². The van der Waals surface area contributed by atoms with Crippen LogP contribution in [0.2, 0.25) is 0 Å². The molecule has 7 nitrogen and oxygen atoms in total. The molecule has 1 fully saturated rings. The zero-order valence-electron chi connectivity index (χ0n) is 22.1. The molecule has 0 saturated carbocycles. The number of piperazine rings is 1. The molecule has 0 atom stereocenters. The number of nitrogens with one attached hydrogen (secondary N) is 1. The van der Waals surface area contributed by atoms with Gasteiger partial charge in [0.2, 0.25) is 0 Å². The second kappa shape index (κ2) is 11.5. The summed E-state index contributed by atoms with van der Waals surface area (Å²) in [6.07, 6.45) is -0.351. The van der Waals surface area contributed by atoms with Gasteiger partial charge in [-0.25, -0.2) is 9.37 Å². The topological polar surface area (TPSA) is 87.4 Å². The Morgan fingerprint density at radius 3 is 2.56 bits per heavy atom. The number of anilines is 2. The summed E-state index contributed by atoms with van der Waals surface area (Å²) in [5, 5.41) is 3.67. The van der Waals surface area contributed by atoms with E-state index in [1.165, 1.54) is 48.9 Å². The predicted octanol–water partition coefficient (Wildman–Crippen LogP) is 4.77. The lowest BCUT2D eigenvalue weighted by atomic mass is 10.0. The smallest absolute Gasteiger partial charge is 0.383 e. The molecule has 3 heterocycles. The third kappa shape index (κ3) is 6.62. The van der Waals surface area contributed by atoms with Crippen molar-refractivity contribution in [2.45, 2.75) is 12.7 Å². The Morgan fingerprint density at radius 1 is 1.02 bits per heavy atom. The molecule has 1 amide bonds. The highest BCUT2D eigenvalue weighted by molar-refractivity contribution is 6.04. The van der Waals surface area contributed by atoms with Crippen LogP contribution in [0.25, 0.3) is 10.8 Å². The van der Waals surface area contributed by atoms with E-state index < -0.39 is 23.5 Å². The number of likely N-dealkylation sites (N-methyl/N-ethyl adjacent to an activating group) is 1. The van der Waals surface area contributed by atoms with Crippen LogP contribution in [-0.4, -0.2) is 58.9 Å². The Balaban J connectivity index is 1.36. The first-order valence-electron chi connectivity index (χ1n) is 12.8. The Hall–Kier alpha value is -4.53. The van der Waals surface area contributed by atoms with Crippen molar-refractivity contribution < 1.29 is 22.4 Å². The zero-order valence-corrected chi connectivity index (χ0v) is 22.1. The Labute approximate surface area is 234 Å². The van der Waals surface area contributed by atoms with Gasteiger partial charge >= 0.3 is 6.18 Å². The van der Waals surface area contributed by atoms with Crippen LogP contribution < -0.4 is 11.1 Å². The summed E-state index contributed by atoms with van der Waals surface area (Å²) in [5.74, 6) is 4.76. The maximum atomic E-state index is 13.9. The lowest BCUT2D eigenvalue weighted by Crippen LogP contribution is -2.44. The van der Waals surface area contributed by atoms with Gasteiger partial charge in [0.25, 0.3) is 5.91 Å². The second-order valence-electron chi connectivity index (χ2n) is 9.87. The number of nitrogens with two attached hydrogens (primary N) is 1. The van der Waals surface area contributed by atoms with Gasteiger partial charge in [0.15, 0.2) is 0 Å². The molecule has 1 aliphatic heterocycles. The highest BCUT2D eigenvalue weighted by Crippen LogP contribution is 2.34. The van der Waals surface area contributed by atoms with Crippen LogP contribution in [0.15, 0.2) is 61.1 Å². The number of pyridine rings is 2. The maximum absolute atomic E-state index is 13.9. The fourth-order valence-corrected chi connectivity index (χ4v) is 4.60. The third-order valence-electron chi connectivity index (χ3n) is 6.88.